The predicted molar refractivity (Wildman–Crippen MR) is 139 cm³/mol. The van der Waals surface area contributed by atoms with Crippen LogP contribution in [0.1, 0.15) is 22.5 Å². The van der Waals surface area contributed by atoms with Gasteiger partial charge in [0.2, 0.25) is 5.95 Å². The lowest BCUT2D eigenvalue weighted by Crippen LogP contribution is -2.36. The van der Waals surface area contributed by atoms with Gasteiger partial charge in [-0.2, -0.15) is 15.2 Å². The van der Waals surface area contributed by atoms with E-state index in [-0.39, 0.29) is 5.91 Å². The maximum atomic E-state index is 12.8. The van der Waals surface area contributed by atoms with Crippen LogP contribution in [-0.2, 0) is 18.8 Å². The van der Waals surface area contributed by atoms with Crippen molar-refractivity contribution in [3.8, 4) is 0 Å². The third-order valence-corrected chi connectivity index (χ3v) is 6.17. The van der Waals surface area contributed by atoms with Crippen LogP contribution in [0.3, 0.4) is 0 Å². The quantitative estimate of drug-likeness (QED) is 0.324. The Labute approximate surface area is 214 Å². The number of hydrogen-bond donors (Lipinski definition) is 3. The molecule has 37 heavy (non-hydrogen) atoms. The molecule has 4 aromatic rings. The molecule has 1 aliphatic heterocycles. The molecule has 1 amide bonds. The van der Waals surface area contributed by atoms with Crippen LogP contribution in [0.25, 0.3) is 11.0 Å². The number of anilines is 4. The fourth-order valence-electron chi connectivity index (χ4n) is 4.17. The second kappa shape index (κ2) is 10.9. The van der Waals surface area contributed by atoms with Crippen molar-refractivity contribution >= 4 is 40.1 Å². The number of rotatable bonds is 8. The molecule has 1 saturated heterocycles. The maximum absolute atomic E-state index is 12.8. The molecule has 3 N–H and O–H groups in total. The Kier molecular flexibility index (Phi) is 7.23. The summed E-state index contributed by atoms with van der Waals surface area (Å²) in [4.78, 5) is 28.6. The summed E-state index contributed by atoms with van der Waals surface area (Å²) >= 11 is 0. The topological polar surface area (TPSA) is 140 Å². The van der Waals surface area contributed by atoms with Crippen molar-refractivity contribution in [1.29, 1.82) is 0 Å². The number of nitrogens with one attached hydrogen (secondary N) is 3. The van der Waals surface area contributed by atoms with Crippen molar-refractivity contribution in [3.05, 3.63) is 42.1 Å². The minimum absolute atomic E-state index is 0.165. The first-order valence-electron chi connectivity index (χ1n) is 12.2. The molecule has 0 radical (unpaired) electrons. The van der Waals surface area contributed by atoms with Crippen LogP contribution in [-0.4, -0.2) is 84.7 Å². The fraction of sp³-hybridized carbons (Fsp3) is 0.417. The molecule has 0 saturated carbocycles. The van der Waals surface area contributed by atoms with E-state index in [9.17, 15) is 4.79 Å². The van der Waals surface area contributed by atoms with E-state index < -0.39 is 0 Å². The van der Waals surface area contributed by atoms with E-state index in [4.69, 9.17) is 4.74 Å². The molecule has 1 fully saturated rings. The molecule has 13 heteroatoms. The number of carbonyl (C=O) groups excluding carboxylic acids is 1. The zero-order valence-electron chi connectivity index (χ0n) is 21.2. The molecule has 0 atom stereocenters. The average molecular weight is 506 g/mol. The number of hydrogen-bond acceptors (Lipinski definition) is 10. The SMILES string of the molecule is Cc1ncc(C(=O)NCCN2CCCOCC2)cc1Nc1nn(C)c2nc(Nc3cnn(C)c3)ncc12. The molecule has 13 nitrogen and oxygen atoms in total. The van der Waals surface area contributed by atoms with Gasteiger partial charge in [-0.25, -0.2) is 9.67 Å². The summed E-state index contributed by atoms with van der Waals surface area (Å²) in [6.45, 7) is 6.64. The lowest BCUT2D eigenvalue weighted by Gasteiger charge is -2.19. The molecule has 0 spiro atoms. The van der Waals surface area contributed by atoms with Crippen LogP contribution in [0, 0.1) is 6.92 Å². The molecule has 0 unspecified atom stereocenters. The smallest absolute Gasteiger partial charge is 0.252 e. The fourth-order valence-corrected chi connectivity index (χ4v) is 4.17. The molecule has 4 aromatic heterocycles. The number of fused-ring (bicyclic) bond motifs is 1. The van der Waals surface area contributed by atoms with Gasteiger partial charge in [0.25, 0.3) is 5.91 Å². The Morgan fingerprint density at radius 2 is 2.00 bits per heavy atom. The standard InChI is InChI=1S/C24H31N11O2/c1-16-20(11-17(12-26-16)23(36)25-5-7-35-6-4-9-37-10-8-35)30-21-19-14-27-24(31-22(19)34(3)32-21)29-18-13-28-33(2)15-18/h11-15H,4-10H2,1-3H3,(H,25,36)(H,30,32)(H,27,29,31). The lowest BCUT2D eigenvalue weighted by atomic mass is 10.2. The highest BCUT2D eigenvalue weighted by atomic mass is 16.5. The molecular formula is C24H31N11O2. The van der Waals surface area contributed by atoms with E-state index in [2.05, 4.69) is 46.0 Å². The molecule has 0 aliphatic carbocycles. The highest BCUT2D eigenvalue weighted by Gasteiger charge is 2.16. The molecule has 0 aromatic carbocycles. The summed E-state index contributed by atoms with van der Waals surface area (Å²) in [6, 6.07) is 1.79. The second-order valence-corrected chi connectivity index (χ2v) is 8.98. The summed E-state index contributed by atoms with van der Waals surface area (Å²) in [5.41, 5.74) is 3.36. The van der Waals surface area contributed by atoms with Crippen LogP contribution in [0.15, 0.2) is 30.9 Å². The minimum Gasteiger partial charge on any atom is -0.380 e. The third-order valence-electron chi connectivity index (χ3n) is 6.17. The molecule has 1 aliphatic rings. The molecular weight excluding hydrogens is 474 g/mol. The largest absolute Gasteiger partial charge is 0.380 e. The highest BCUT2D eigenvalue weighted by molar-refractivity contribution is 5.96. The van der Waals surface area contributed by atoms with Gasteiger partial charge in [0.15, 0.2) is 11.5 Å². The summed E-state index contributed by atoms with van der Waals surface area (Å²) in [5, 5.41) is 18.9. The van der Waals surface area contributed by atoms with Crippen LogP contribution in [0.4, 0.5) is 23.1 Å². The van der Waals surface area contributed by atoms with Gasteiger partial charge < -0.3 is 20.7 Å². The van der Waals surface area contributed by atoms with Gasteiger partial charge in [-0.3, -0.25) is 19.4 Å². The van der Waals surface area contributed by atoms with E-state index >= 15 is 0 Å². The van der Waals surface area contributed by atoms with Gasteiger partial charge in [0.1, 0.15) is 0 Å². The van der Waals surface area contributed by atoms with Gasteiger partial charge in [-0.1, -0.05) is 0 Å². The number of ether oxygens (including phenoxy) is 1. The Morgan fingerprint density at radius 3 is 2.84 bits per heavy atom. The monoisotopic (exact) mass is 505 g/mol. The molecule has 194 valence electrons. The third kappa shape index (κ3) is 5.84. The summed E-state index contributed by atoms with van der Waals surface area (Å²) < 4.78 is 8.87. The number of carbonyl (C=O) groups is 1. The van der Waals surface area contributed by atoms with Crippen molar-refractivity contribution in [3.63, 3.8) is 0 Å². The zero-order valence-corrected chi connectivity index (χ0v) is 21.2. The van der Waals surface area contributed by atoms with E-state index in [1.54, 1.807) is 34.0 Å². The Hall–Kier alpha value is -4.10. The van der Waals surface area contributed by atoms with Crippen molar-refractivity contribution in [2.45, 2.75) is 13.3 Å². The number of amides is 1. The van der Waals surface area contributed by atoms with E-state index in [0.29, 0.717) is 35.2 Å². The van der Waals surface area contributed by atoms with E-state index in [0.717, 1.165) is 56.0 Å². The van der Waals surface area contributed by atoms with Crippen molar-refractivity contribution in [2.75, 3.05) is 50.0 Å². The number of aryl methyl sites for hydroxylation is 3. The normalized spacial score (nSPS) is 14.5. The Morgan fingerprint density at radius 1 is 1.11 bits per heavy atom. The van der Waals surface area contributed by atoms with Gasteiger partial charge in [0.05, 0.1) is 40.8 Å². The zero-order chi connectivity index (χ0) is 25.8. The Bertz CT molecular complexity index is 1390. The summed E-state index contributed by atoms with van der Waals surface area (Å²) in [6.07, 6.45) is 7.86. The average Bonchev–Trinajstić information content (AvgIpc) is 3.30. The van der Waals surface area contributed by atoms with Crippen molar-refractivity contribution in [1.82, 2.24) is 44.7 Å². The van der Waals surface area contributed by atoms with E-state index in [1.165, 1.54) is 0 Å². The Balaban J connectivity index is 1.27. The number of nitrogens with zero attached hydrogens (tertiary/aromatic N) is 8. The van der Waals surface area contributed by atoms with Gasteiger partial charge in [-0.05, 0) is 19.4 Å². The van der Waals surface area contributed by atoms with Crippen molar-refractivity contribution in [2.24, 2.45) is 14.1 Å². The van der Waals surface area contributed by atoms with Crippen LogP contribution in [0.5, 0.6) is 0 Å². The number of pyridine rings is 1. The van der Waals surface area contributed by atoms with Crippen LogP contribution < -0.4 is 16.0 Å². The van der Waals surface area contributed by atoms with Crippen LogP contribution >= 0.6 is 0 Å². The summed E-state index contributed by atoms with van der Waals surface area (Å²) in [7, 11) is 3.66. The first kappa shape index (κ1) is 24.6. The predicted octanol–water partition coefficient (Wildman–Crippen LogP) is 1.74. The minimum atomic E-state index is -0.165. The first-order valence-corrected chi connectivity index (χ1v) is 12.2. The molecule has 0 bridgehead atoms. The molecule has 5 rings (SSSR count). The van der Waals surface area contributed by atoms with Crippen LogP contribution in [0.2, 0.25) is 0 Å². The lowest BCUT2D eigenvalue weighted by molar-refractivity contribution is 0.0947. The highest BCUT2D eigenvalue weighted by Crippen LogP contribution is 2.26. The van der Waals surface area contributed by atoms with Gasteiger partial charge in [-0.15, -0.1) is 0 Å². The number of aromatic nitrogens is 7. The van der Waals surface area contributed by atoms with Gasteiger partial charge >= 0.3 is 0 Å². The molecule has 5 heterocycles. The van der Waals surface area contributed by atoms with E-state index in [1.807, 2.05) is 27.2 Å². The first-order chi connectivity index (χ1) is 18.0. The van der Waals surface area contributed by atoms with Gasteiger partial charge in [0, 0.05) is 65.5 Å². The van der Waals surface area contributed by atoms with Crippen molar-refractivity contribution < 1.29 is 9.53 Å². The maximum Gasteiger partial charge on any atom is 0.252 e. The second-order valence-electron chi connectivity index (χ2n) is 8.98. The summed E-state index contributed by atoms with van der Waals surface area (Å²) in [5.74, 6) is 0.859.